The van der Waals surface area contributed by atoms with E-state index in [-0.39, 0.29) is 11.1 Å². The van der Waals surface area contributed by atoms with Crippen LogP contribution in [0.1, 0.15) is 12.5 Å². The molecule has 0 amide bonds. The molecule has 1 aromatic rings. The second-order valence-corrected chi connectivity index (χ2v) is 3.63. The maximum Gasteiger partial charge on any atom is 0.384 e. The fourth-order valence-corrected chi connectivity index (χ4v) is 1.34. The van der Waals surface area contributed by atoms with E-state index in [0.29, 0.717) is 0 Å². The molecule has 5 heteroatoms. The third-order valence-corrected chi connectivity index (χ3v) is 2.03. The summed E-state index contributed by atoms with van der Waals surface area (Å²) in [5.41, 5.74) is -0.448. The summed E-state index contributed by atoms with van der Waals surface area (Å²) in [5.74, 6) is 1.62. The summed E-state index contributed by atoms with van der Waals surface area (Å²) in [7, 11) is 0. The van der Waals surface area contributed by atoms with Gasteiger partial charge in [-0.15, -0.1) is 0 Å². The highest BCUT2D eigenvalue weighted by molar-refractivity contribution is 9.10. The lowest BCUT2D eigenvalue weighted by atomic mass is 10.2. The van der Waals surface area contributed by atoms with Gasteiger partial charge in [0.25, 0.3) is 0 Å². The van der Waals surface area contributed by atoms with Gasteiger partial charge in [-0.3, -0.25) is 0 Å². The maximum absolute atomic E-state index is 13.2. The van der Waals surface area contributed by atoms with Gasteiger partial charge in [0.1, 0.15) is 11.6 Å². The molecular weight excluding hydrogens is 282 g/mol. The van der Waals surface area contributed by atoms with Crippen molar-refractivity contribution in [3.63, 3.8) is 0 Å². The van der Waals surface area contributed by atoms with E-state index < -0.39 is 23.2 Å². The van der Waals surface area contributed by atoms with Crippen LogP contribution in [-0.4, -0.2) is 12.6 Å². The van der Waals surface area contributed by atoms with E-state index >= 15 is 0 Å². The highest BCUT2D eigenvalue weighted by atomic mass is 79.9. The summed E-state index contributed by atoms with van der Waals surface area (Å²) in [4.78, 5) is 10.9. The normalized spacial score (nSPS) is 9.25. The number of carbonyl (C=O) groups is 1. The van der Waals surface area contributed by atoms with Crippen molar-refractivity contribution in [2.45, 2.75) is 6.92 Å². The topological polar surface area (TPSA) is 26.3 Å². The first-order valence-electron chi connectivity index (χ1n) is 4.38. The minimum atomic E-state index is -0.830. The molecular formula is C11H7BrF2O2. The maximum atomic E-state index is 13.2. The van der Waals surface area contributed by atoms with Crippen molar-refractivity contribution in [3.8, 4) is 11.8 Å². The zero-order valence-electron chi connectivity index (χ0n) is 8.31. The third kappa shape index (κ3) is 3.31. The molecule has 0 fully saturated rings. The molecule has 1 rings (SSSR count). The lowest BCUT2D eigenvalue weighted by molar-refractivity contribution is -0.136. The molecule has 0 atom stereocenters. The second kappa shape index (κ2) is 5.61. The molecule has 0 saturated carbocycles. The smallest absolute Gasteiger partial charge is 0.384 e. The molecule has 0 aliphatic heterocycles. The fraction of sp³-hybridized carbons (Fsp3) is 0.182. The van der Waals surface area contributed by atoms with Crippen LogP contribution in [0.15, 0.2) is 16.6 Å². The number of hydrogen-bond donors (Lipinski definition) is 0. The van der Waals surface area contributed by atoms with E-state index in [0.717, 1.165) is 12.1 Å². The third-order valence-electron chi connectivity index (χ3n) is 1.57. The van der Waals surface area contributed by atoms with Gasteiger partial charge in [0, 0.05) is 10.4 Å². The molecule has 16 heavy (non-hydrogen) atoms. The van der Waals surface area contributed by atoms with Crippen LogP contribution in [0.3, 0.4) is 0 Å². The molecule has 0 radical (unpaired) electrons. The van der Waals surface area contributed by atoms with Gasteiger partial charge in [0.15, 0.2) is 0 Å². The highest BCUT2D eigenvalue weighted by Gasteiger charge is 2.08. The van der Waals surface area contributed by atoms with Crippen LogP contribution in [0.25, 0.3) is 0 Å². The average molecular weight is 289 g/mol. The molecule has 0 saturated heterocycles. The SMILES string of the molecule is CCOC(=O)C#Cc1c(F)cc(Br)cc1F. The molecule has 1 aromatic carbocycles. The largest absolute Gasteiger partial charge is 0.456 e. The first kappa shape index (κ1) is 12.7. The molecule has 0 aliphatic carbocycles. The van der Waals surface area contributed by atoms with Crippen molar-refractivity contribution in [2.24, 2.45) is 0 Å². The van der Waals surface area contributed by atoms with Crippen molar-refractivity contribution in [2.75, 3.05) is 6.61 Å². The van der Waals surface area contributed by atoms with Crippen molar-refractivity contribution in [1.82, 2.24) is 0 Å². The lowest BCUT2D eigenvalue weighted by Gasteiger charge is -1.98. The number of benzene rings is 1. The summed E-state index contributed by atoms with van der Waals surface area (Å²) in [6.07, 6.45) is 0. The van der Waals surface area contributed by atoms with E-state index in [1.807, 2.05) is 5.92 Å². The van der Waals surface area contributed by atoms with Crippen LogP contribution < -0.4 is 0 Å². The molecule has 84 valence electrons. The van der Waals surface area contributed by atoms with Gasteiger partial charge in [0.05, 0.1) is 12.2 Å². The Morgan fingerprint density at radius 2 is 2.00 bits per heavy atom. The number of ether oxygens (including phenoxy) is 1. The van der Waals surface area contributed by atoms with Gasteiger partial charge in [-0.2, -0.15) is 0 Å². The molecule has 0 bridgehead atoms. The molecule has 0 aromatic heterocycles. The van der Waals surface area contributed by atoms with Crippen molar-refractivity contribution in [3.05, 3.63) is 33.8 Å². The molecule has 2 nitrogen and oxygen atoms in total. The predicted molar refractivity (Wildman–Crippen MR) is 57.6 cm³/mol. The Morgan fingerprint density at radius 3 is 2.50 bits per heavy atom. The van der Waals surface area contributed by atoms with Crippen molar-refractivity contribution >= 4 is 21.9 Å². The Balaban J connectivity index is 3.01. The number of carbonyl (C=O) groups excluding carboxylic acids is 1. The second-order valence-electron chi connectivity index (χ2n) is 2.71. The number of esters is 1. The summed E-state index contributed by atoms with van der Waals surface area (Å²) in [6, 6.07) is 2.14. The zero-order chi connectivity index (χ0) is 12.1. The number of hydrogen-bond acceptors (Lipinski definition) is 2. The van der Waals surface area contributed by atoms with E-state index in [4.69, 9.17) is 0 Å². The number of halogens is 3. The van der Waals surface area contributed by atoms with E-state index in [2.05, 4.69) is 26.6 Å². The van der Waals surface area contributed by atoms with E-state index in [1.165, 1.54) is 0 Å². The standard InChI is InChI=1S/C11H7BrF2O2/c1-2-16-11(15)4-3-8-9(13)5-7(12)6-10(8)14/h5-6H,2H2,1H3. The predicted octanol–water partition coefficient (Wildman–Crippen LogP) is 2.64. The van der Waals surface area contributed by atoms with Crippen LogP contribution in [0.2, 0.25) is 0 Å². The minimum Gasteiger partial charge on any atom is -0.456 e. The number of rotatable bonds is 1. The summed E-state index contributed by atoms with van der Waals surface area (Å²) >= 11 is 2.93. The fourth-order valence-electron chi connectivity index (χ4n) is 0.942. The summed E-state index contributed by atoms with van der Waals surface area (Å²) in [5, 5.41) is 0. The molecule has 0 aliphatic rings. The van der Waals surface area contributed by atoms with Crippen LogP contribution >= 0.6 is 15.9 Å². The molecule has 0 heterocycles. The Morgan fingerprint density at radius 1 is 1.44 bits per heavy atom. The van der Waals surface area contributed by atoms with Crippen LogP contribution in [0, 0.1) is 23.5 Å². The Labute approximate surface area is 99.7 Å². The van der Waals surface area contributed by atoms with Crippen LogP contribution in [-0.2, 0) is 9.53 Å². The van der Waals surface area contributed by atoms with E-state index in [9.17, 15) is 13.6 Å². The van der Waals surface area contributed by atoms with Crippen molar-refractivity contribution in [1.29, 1.82) is 0 Å². The first-order chi connectivity index (χ1) is 7.54. The van der Waals surface area contributed by atoms with Gasteiger partial charge >= 0.3 is 5.97 Å². The van der Waals surface area contributed by atoms with Crippen LogP contribution in [0.4, 0.5) is 8.78 Å². The minimum absolute atomic E-state index is 0.165. The Hall–Kier alpha value is -1.41. The Bertz CT molecular complexity index is 452. The zero-order valence-corrected chi connectivity index (χ0v) is 9.90. The monoisotopic (exact) mass is 288 g/mol. The molecule has 0 spiro atoms. The highest BCUT2D eigenvalue weighted by Crippen LogP contribution is 2.18. The summed E-state index contributed by atoms with van der Waals surface area (Å²) < 4.78 is 31.2. The molecule has 0 N–H and O–H groups in total. The van der Waals surface area contributed by atoms with Gasteiger partial charge < -0.3 is 4.74 Å². The van der Waals surface area contributed by atoms with Gasteiger partial charge in [-0.1, -0.05) is 15.9 Å². The van der Waals surface area contributed by atoms with Crippen molar-refractivity contribution < 1.29 is 18.3 Å². The van der Waals surface area contributed by atoms with Gasteiger partial charge in [-0.05, 0) is 25.0 Å². The van der Waals surface area contributed by atoms with Gasteiger partial charge in [0.2, 0.25) is 0 Å². The lowest BCUT2D eigenvalue weighted by Crippen LogP contribution is -2.00. The first-order valence-corrected chi connectivity index (χ1v) is 5.17. The van der Waals surface area contributed by atoms with E-state index in [1.54, 1.807) is 6.92 Å². The molecule has 0 unspecified atom stereocenters. The van der Waals surface area contributed by atoms with Crippen LogP contribution in [0.5, 0.6) is 0 Å². The Kier molecular flexibility index (Phi) is 4.44. The summed E-state index contributed by atoms with van der Waals surface area (Å²) in [6.45, 7) is 1.78. The average Bonchev–Trinajstić information content (AvgIpc) is 2.16. The quantitative estimate of drug-likeness (QED) is 0.587. The van der Waals surface area contributed by atoms with Gasteiger partial charge in [-0.25, -0.2) is 13.6 Å².